The molecule has 1 amide bonds. The van der Waals surface area contributed by atoms with E-state index in [1.165, 1.54) is 16.9 Å². The Morgan fingerprint density at radius 1 is 1.24 bits per heavy atom. The molecule has 0 aliphatic rings. The molecule has 0 aliphatic heterocycles. The SMILES string of the molecule is CC[C@@H](NC(=O)c1cn(Cc2ccccc2F)nn1)c1ccncc1. The van der Waals surface area contributed by atoms with Crippen LogP contribution in [-0.2, 0) is 6.54 Å². The second kappa shape index (κ2) is 7.65. The van der Waals surface area contributed by atoms with Crippen molar-refractivity contribution in [2.24, 2.45) is 0 Å². The summed E-state index contributed by atoms with van der Waals surface area (Å²) in [4.78, 5) is 16.4. The maximum Gasteiger partial charge on any atom is 0.273 e. The second-order valence-corrected chi connectivity index (χ2v) is 5.61. The Kier molecular flexibility index (Phi) is 5.13. The summed E-state index contributed by atoms with van der Waals surface area (Å²) in [5.74, 6) is -0.629. The van der Waals surface area contributed by atoms with Crippen LogP contribution in [0.1, 0.15) is 41.0 Å². The van der Waals surface area contributed by atoms with Crippen molar-refractivity contribution in [1.29, 1.82) is 0 Å². The molecule has 1 aromatic carbocycles. The van der Waals surface area contributed by atoms with Gasteiger partial charge in [-0.2, -0.15) is 0 Å². The second-order valence-electron chi connectivity index (χ2n) is 5.61. The summed E-state index contributed by atoms with van der Waals surface area (Å²) in [6, 6.07) is 10.0. The minimum Gasteiger partial charge on any atom is -0.344 e. The van der Waals surface area contributed by atoms with Crippen LogP contribution in [-0.4, -0.2) is 25.9 Å². The molecular formula is C18H18FN5O. The topological polar surface area (TPSA) is 72.7 Å². The predicted molar refractivity (Wildman–Crippen MR) is 90.3 cm³/mol. The Hall–Kier alpha value is -3.09. The van der Waals surface area contributed by atoms with E-state index in [1.54, 1.807) is 30.6 Å². The molecule has 0 saturated carbocycles. The first kappa shape index (κ1) is 16.8. The lowest BCUT2D eigenvalue weighted by Gasteiger charge is -2.16. The first-order valence-corrected chi connectivity index (χ1v) is 8.01. The van der Waals surface area contributed by atoms with E-state index in [1.807, 2.05) is 19.1 Å². The van der Waals surface area contributed by atoms with Crippen LogP contribution in [0.2, 0.25) is 0 Å². The normalized spacial score (nSPS) is 11.9. The van der Waals surface area contributed by atoms with Gasteiger partial charge in [0.05, 0.1) is 18.8 Å². The molecule has 1 atom stereocenters. The lowest BCUT2D eigenvalue weighted by atomic mass is 10.1. The highest BCUT2D eigenvalue weighted by atomic mass is 19.1. The van der Waals surface area contributed by atoms with Crippen LogP contribution < -0.4 is 5.32 Å². The van der Waals surface area contributed by atoms with E-state index in [2.05, 4.69) is 20.6 Å². The number of amides is 1. The van der Waals surface area contributed by atoms with E-state index in [9.17, 15) is 9.18 Å². The number of nitrogens with one attached hydrogen (secondary N) is 1. The van der Waals surface area contributed by atoms with Crippen LogP contribution >= 0.6 is 0 Å². The molecule has 6 nitrogen and oxygen atoms in total. The fourth-order valence-corrected chi connectivity index (χ4v) is 2.53. The smallest absolute Gasteiger partial charge is 0.273 e. The van der Waals surface area contributed by atoms with Gasteiger partial charge >= 0.3 is 0 Å². The number of carbonyl (C=O) groups is 1. The van der Waals surface area contributed by atoms with E-state index in [-0.39, 0.29) is 30.0 Å². The van der Waals surface area contributed by atoms with Gasteiger partial charge in [0.15, 0.2) is 5.69 Å². The third-order valence-corrected chi connectivity index (χ3v) is 3.88. The van der Waals surface area contributed by atoms with Gasteiger partial charge in [0.1, 0.15) is 5.82 Å². The predicted octanol–water partition coefficient (Wildman–Crippen LogP) is 2.74. The first-order chi connectivity index (χ1) is 12.2. The van der Waals surface area contributed by atoms with Crippen molar-refractivity contribution in [3.8, 4) is 0 Å². The minimum atomic E-state index is -0.316. The lowest BCUT2D eigenvalue weighted by molar-refractivity contribution is 0.0930. The summed E-state index contributed by atoms with van der Waals surface area (Å²) in [7, 11) is 0. The lowest BCUT2D eigenvalue weighted by Crippen LogP contribution is -2.28. The van der Waals surface area contributed by atoms with Crippen LogP contribution in [0.3, 0.4) is 0 Å². The van der Waals surface area contributed by atoms with Gasteiger partial charge in [-0.1, -0.05) is 30.3 Å². The zero-order valence-corrected chi connectivity index (χ0v) is 13.8. The zero-order valence-electron chi connectivity index (χ0n) is 13.8. The van der Waals surface area contributed by atoms with E-state index in [0.29, 0.717) is 5.56 Å². The van der Waals surface area contributed by atoms with Gasteiger partial charge in [0, 0.05) is 18.0 Å². The van der Waals surface area contributed by atoms with Gasteiger partial charge < -0.3 is 5.32 Å². The molecule has 0 aliphatic carbocycles. The number of pyridine rings is 1. The molecule has 2 heterocycles. The van der Waals surface area contributed by atoms with Crippen LogP contribution in [0, 0.1) is 5.82 Å². The Morgan fingerprint density at radius 3 is 2.72 bits per heavy atom. The van der Waals surface area contributed by atoms with E-state index in [0.717, 1.165) is 12.0 Å². The monoisotopic (exact) mass is 339 g/mol. The van der Waals surface area contributed by atoms with Crippen molar-refractivity contribution in [1.82, 2.24) is 25.3 Å². The minimum absolute atomic E-state index is 0.132. The summed E-state index contributed by atoms with van der Waals surface area (Å²) in [5, 5.41) is 10.7. The van der Waals surface area contributed by atoms with Gasteiger partial charge in [-0.25, -0.2) is 9.07 Å². The quantitative estimate of drug-likeness (QED) is 0.749. The molecule has 0 bridgehead atoms. The average Bonchev–Trinajstić information content (AvgIpc) is 3.11. The molecule has 1 N–H and O–H groups in total. The van der Waals surface area contributed by atoms with Gasteiger partial charge in [-0.3, -0.25) is 9.78 Å². The third-order valence-electron chi connectivity index (χ3n) is 3.88. The van der Waals surface area contributed by atoms with Gasteiger partial charge in [-0.15, -0.1) is 5.10 Å². The Morgan fingerprint density at radius 2 is 2.00 bits per heavy atom. The highest BCUT2D eigenvalue weighted by Gasteiger charge is 2.17. The summed E-state index contributed by atoms with van der Waals surface area (Å²) < 4.78 is 15.1. The number of aromatic nitrogens is 4. The Labute approximate surface area is 144 Å². The third kappa shape index (κ3) is 4.06. The van der Waals surface area contributed by atoms with E-state index in [4.69, 9.17) is 0 Å². The Bertz CT molecular complexity index is 849. The Balaban J connectivity index is 1.69. The van der Waals surface area contributed by atoms with Crippen molar-refractivity contribution in [3.05, 3.63) is 77.6 Å². The van der Waals surface area contributed by atoms with Crippen LogP contribution in [0.4, 0.5) is 4.39 Å². The van der Waals surface area contributed by atoms with Crippen molar-refractivity contribution >= 4 is 5.91 Å². The molecule has 0 saturated heterocycles. The molecule has 7 heteroatoms. The highest BCUT2D eigenvalue weighted by Crippen LogP contribution is 2.16. The summed E-state index contributed by atoms with van der Waals surface area (Å²) in [6.07, 6.45) is 5.63. The van der Waals surface area contributed by atoms with Crippen LogP contribution in [0.15, 0.2) is 55.0 Å². The molecular weight excluding hydrogens is 321 g/mol. The summed E-state index contributed by atoms with van der Waals surface area (Å²) in [6.45, 7) is 2.20. The van der Waals surface area contributed by atoms with Crippen LogP contribution in [0.25, 0.3) is 0 Å². The first-order valence-electron chi connectivity index (χ1n) is 8.01. The van der Waals surface area contributed by atoms with E-state index >= 15 is 0 Å². The molecule has 0 unspecified atom stereocenters. The maximum absolute atomic E-state index is 13.7. The molecule has 0 fully saturated rings. The maximum atomic E-state index is 13.7. The number of nitrogens with zero attached hydrogens (tertiary/aromatic N) is 4. The number of hydrogen-bond acceptors (Lipinski definition) is 4. The molecule has 128 valence electrons. The number of carbonyl (C=O) groups excluding carboxylic acids is 1. The van der Waals surface area contributed by atoms with Crippen molar-refractivity contribution in [3.63, 3.8) is 0 Å². The van der Waals surface area contributed by atoms with E-state index < -0.39 is 0 Å². The summed E-state index contributed by atoms with van der Waals surface area (Å²) in [5.41, 5.74) is 1.66. The molecule has 0 spiro atoms. The van der Waals surface area contributed by atoms with Crippen molar-refractivity contribution < 1.29 is 9.18 Å². The van der Waals surface area contributed by atoms with Gasteiger partial charge in [-0.05, 0) is 30.2 Å². The largest absolute Gasteiger partial charge is 0.344 e. The highest BCUT2D eigenvalue weighted by molar-refractivity contribution is 5.92. The van der Waals surface area contributed by atoms with Crippen molar-refractivity contribution in [2.75, 3.05) is 0 Å². The number of hydrogen-bond donors (Lipinski definition) is 1. The number of halogens is 1. The van der Waals surface area contributed by atoms with Crippen molar-refractivity contribution in [2.45, 2.75) is 25.9 Å². The fraction of sp³-hybridized carbons (Fsp3) is 0.222. The number of benzene rings is 1. The van der Waals surface area contributed by atoms with Gasteiger partial charge in [0.25, 0.3) is 5.91 Å². The summed E-state index contributed by atoms with van der Waals surface area (Å²) >= 11 is 0. The average molecular weight is 339 g/mol. The standard InChI is InChI=1S/C18H18FN5O/c1-2-16(13-7-9-20-10-8-13)21-18(25)17-12-24(23-22-17)11-14-5-3-4-6-15(14)19/h3-10,12,16H,2,11H2,1H3,(H,21,25)/t16-/m1/s1. The molecule has 0 radical (unpaired) electrons. The zero-order chi connectivity index (χ0) is 17.6. The number of rotatable bonds is 6. The van der Waals surface area contributed by atoms with Gasteiger partial charge in [0.2, 0.25) is 0 Å². The molecule has 25 heavy (non-hydrogen) atoms. The fourth-order valence-electron chi connectivity index (χ4n) is 2.53. The molecule has 3 aromatic rings. The molecule has 2 aromatic heterocycles. The van der Waals surface area contributed by atoms with Crippen LogP contribution in [0.5, 0.6) is 0 Å². The molecule has 3 rings (SSSR count).